The molecule has 9 nitrogen and oxygen atoms in total. The van der Waals surface area contributed by atoms with Crippen molar-refractivity contribution >= 4 is 41.9 Å². The predicted octanol–water partition coefficient (Wildman–Crippen LogP) is 2.51. The number of amides is 1. The van der Waals surface area contributed by atoms with Crippen LogP contribution in [0.15, 0.2) is 42.7 Å². The van der Waals surface area contributed by atoms with Crippen molar-refractivity contribution in [3.05, 3.63) is 42.7 Å². The van der Waals surface area contributed by atoms with Gasteiger partial charge in [-0.05, 0) is 18.2 Å². The van der Waals surface area contributed by atoms with Crippen molar-refractivity contribution in [2.24, 2.45) is 0 Å². The molecule has 2 N–H and O–H groups in total. The molecule has 0 unspecified atom stereocenters. The molecular formula is C25H31F2N7O2S. The second-order valence-corrected chi connectivity index (χ2v) is 9.07. The summed E-state index contributed by atoms with van der Waals surface area (Å²) in [6, 6.07) is 9.85. The molecule has 2 aromatic heterocycles. The van der Waals surface area contributed by atoms with Crippen LogP contribution in [0.5, 0.6) is 0 Å². The quantitative estimate of drug-likeness (QED) is 0.501. The maximum Gasteiger partial charge on any atom is 0.322 e. The lowest BCUT2D eigenvalue weighted by molar-refractivity contribution is -0.155. The number of nitrogens with one attached hydrogen (secondary N) is 2. The Morgan fingerprint density at radius 1 is 1.16 bits per heavy atom. The Bertz CT molecular complexity index is 1210. The Hall–Kier alpha value is -3.09. The van der Waals surface area contributed by atoms with E-state index in [1.54, 1.807) is 12.4 Å². The van der Waals surface area contributed by atoms with Gasteiger partial charge in [0.15, 0.2) is 5.82 Å². The third kappa shape index (κ3) is 6.25. The summed E-state index contributed by atoms with van der Waals surface area (Å²) >= 11 is 0. The number of piperazine rings is 1. The first-order chi connectivity index (χ1) is 17.4. The number of fused-ring (bicyclic) bond motifs is 1. The number of pyridine rings is 1. The molecular weight excluding hydrogens is 500 g/mol. The highest BCUT2D eigenvalue weighted by molar-refractivity contribution is 7.59. The summed E-state index contributed by atoms with van der Waals surface area (Å²) < 4.78 is 32.5. The fourth-order valence-electron chi connectivity index (χ4n) is 4.49. The molecule has 2 fully saturated rings. The number of hydrogen-bond acceptors (Lipinski definition) is 8. The lowest BCUT2D eigenvalue weighted by Gasteiger charge is -2.37. The van der Waals surface area contributed by atoms with E-state index in [0.29, 0.717) is 44.5 Å². The third-order valence-corrected chi connectivity index (χ3v) is 6.43. The molecule has 37 heavy (non-hydrogen) atoms. The van der Waals surface area contributed by atoms with Crippen LogP contribution < -0.4 is 15.5 Å². The topological polar surface area (TPSA) is 95.5 Å². The zero-order valence-corrected chi connectivity index (χ0v) is 21.6. The lowest BCUT2D eigenvalue weighted by atomic mass is 10.1. The zero-order chi connectivity index (χ0) is 25.1. The van der Waals surface area contributed by atoms with Crippen molar-refractivity contribution in [1.29, 1.82) is 0 Å². The van der Waals surface area contributed by atoms with Gasteiger partial charge in [0, 0.05) is 76.4 Å². The number of anilines is 2. The van der Waals surface area contributed by atoms with E-state index in [9.17, 15) is 13.6 Å². The maximum atomic E-state index is 13.4. The average molecular weight is 532 g/mol. The van der Waals surface area contributed by atoms with Crippen molar-refractivity contribution in [3.63, 3.8) is 0 Å². The normalized spacial score (nSPS) is 18.4. The maximum absolute atomic E-state index is 13.4. The monoisotopic (exact) mass is 531 g/mol. The minimum Gasteiger partial charge on any atom is -0.374 e. The van der Waals surface area contributed by atoms with E-state index in [0.717, 1.165) is 35.6 Å². The van der Waals surface area contributed by atoms with Gasteiger partial charge in [-0.15, -0.1) is 0 Å². The van der Waals surface area contributed by atoms with Crippen LogP contribution in [0.3, 0.4) is 0 Å². The molecule has 2 aliphatic rings. The molecule has 2 aliphatic heterocycles. The third-order valence-electron chi connectivity index (χ3n) is 6.43. The molecule has 1 amide bonds. The summed E-state index contributed by atoms with van der Waals surface area (Å²) in [5.74, 6) is -3.80. The van der Waals surface area contributed by atoms with Gasteiger partial charge in [0.1, 0.15) is 5.52 Å². The van der Waals surface area contributed by atoms with Crippen LogP contribution in [0.4, 0.5) is 20.3 Å². The van der Waals surface area contributed by atoms with E-state index >= 15 is 0 Å². The van der Waals surface area contributed by atoms with E-state index in [2.05, 4.69) is 25.5 Å². The van der Waals surface area contributed by atoms with Crippen LogP contribution in [-0.4, -0.2) is 90.2 Å². The summed E-state index contributed by atoms with van der Waals surface area (Å²) in [6.07, 6.45) is 3.36. The van der Waals surface area contributed by atoms with E-state index in [1.807, 2.05) is 30.3 Å². The predicted molar refractivity (Wildman–Crippen MR) is 144 cm³/mol. The fraction of sp³-hybridized carbons (Fsp3) is 0.440. The van der Waals surface area contributed by atoms with Gasteiger partial charge in [0.2, 0.25) is 0 Å². The number of carbonyl (C=O) groups is 1. The first kappa shape index (κ1) is 27.0. The summed E-state index contributed by atoms with van der Waals surface area (Å²) in [5.41, 5.74) is 4.09. The number of ether oxygens (including phenoxy) is 1. The van der Waals surface area contributed by atoms with Crippen LogP contribution in [-0.2, 0) is 9.53 Å². The molecule has 0 aliphatic carbocycles. The lowest BCUT2D eigenvalue weighted by Crippen LogP contribution is -2.52. The van der Waals surface area contributed by atoms with E-state index < -0.39 is 11.8 Å². The number of carbonyl (C=O) groups excluding carboxylic acids is 1. The highest BCUT2D eigenvalue weighted by atomic mass is 32.1. The SMILES string of the molecule is CC(F)(F)C(=O)N1CCN(c2ccc(-c3cc4nccnc4c(NC[C@@H]4CNCCO4)n3)cc2)CC1.S. The average Bonchev–Trinajstić information content (AvgIpc) is 2.91. The van der Waals surface area contributed by atoms with Crippen molar-refractivity contribution in [3.8, 4) is 11.3 Å². The highest BCUT2D eigenvalue weighted by Crippen LogP contribution is 2.28. The molecule has 0 radical (unpaired) electrons. The van der Waals surface area contributed by atoms with Gasteiger partial charge in [-0.25, -0.2) is 9.97 Å². The summed E-state index contributed by atoms with van der Waals surface area (Å²) in [5, 5.41) is 6.70. The molecule has 1 atom stereocenters. The Kier molecular flexibility index (Phi) is 8.40. The van der Waals surface area contributed by atoms with Crippen LogP contribution in [0.1, 0.15) is 6.92 Å². The summed E-state index contributed by atoms with van der Waals surface area (Å²) in [7, 11) is 0. The number of morpholine rings is 1. The van der Waals surface area contributed by atoms with Crippen molar-refractivity contribution < 1.29 is 18.3 Å². The number of halogens is 2. The van der Waals surface area contributed by atoms with Gasteiger partial charge in [0.25, 0.3) is 5.91 Å². The Morgan fingerprint density at radius 3 is 2.57 bits per heavy atom. The molecule has 1 aromatic carbocycles. The minimum atomic E-state index is -3.34. The first-order valence-electron chi connectivity index (χ1n) is 12.1. The van der Waals surface area contributed by atoms with Crippen molar-refractivity contribution in [2.75, 3.05) is 62.6 Å². The van der Waals surface area contributed by atoms with Gasteiger partial charge < -0.3 is 25.2 Å². The molecule has 5 rings (SSSR count). The van der Waals surface area contributed by atoms with Gasteiger partial charge in [-0.2, -0.15) is 22.3 Å². The van der Waals surface area contributed by atoms with Crippen molar-refractivity contribution in [1.82, 2.24) is 25.2 Å². The standard InChI is InChI=1S/C25H29F2N7O2.H2S/c1-25(26,27)24(35)34-11-9-33(10-12-34)18-4-2-17(3-5-18)20-14-21-22(30-7-6-29-21)23(32-20)31-16-19-15-28-8-13-36-19;/h2-7,14,19,28H,8-13,15-16H2,1H3,(H,31,32);1H2/t19-;/m0./s1. The van der Waals surface area contributed by atoms with E-state index in [-0.39, 0.29) is 32.7 Å². The molecule has 3 aromatic rings. The summed E-state index contributed by atoms with van der Waals surface area (Å²) in [4.78, 5) is 28.9. The highest BCUT2D eigenvalue weighted by Gasteiger charge is 2.37. The summed E-state index contributed by atoms with van der Waals surface area (Å²) in [6.45, 7) is 5.10. The number of rotatable bonds is 6. The smallest absolute Gasteiger partial charge is 0.322 e. The number of alkyl halides is 2. The minimum absolute atomic E-state index is 0. The van der Waals surface area contributed by atoms with E-state index in [1.165, 1.54) is 4.90 Å². The molecule has 0 bridgehead atoms. The fourth-order valence-corrected chi connectivity index (χ4v) is 4.49. The second kappa shape index (κ2) is 11.5. The van der Waals surface area contributed by atoms with Gasteiger partial charge in [0.05, 0.1) is 23.9 Å². The van der Waals surface area contributed by atoms with Crippen LogP contribution in [0, 0.1) is 0 Å². The molecule has 4 heterocycles. The van der Waals surface area contributed by atoms with E-state index in [4.69, 9.17) is 9.72 Å². The number of hydrogen-bond donors (Lipinski definition) is 2. The Morgan fingerprint density at radius 2 is 1.89 bits per heavy atom. The zero-order valence-electron chi connectivity index (χ0n) is 20.6. The molecule has 0 saturated carbocycles. The largest absolute Gasteiger partial charge is 0.374 e. The number of benzene rings is 1. The van der Waals surface area contributed by atoms with Crippen LogP contribution >= 0.6 is 13.5 Å². The first-order valence-corrected chi connectivity index (χ1v) is 12.1. The number of aromatic nitrogens is 3. The van der Waals surface area contributed by atoms with Crippen LogP contribution in [0.2, 0.25) is 0 Å². The molecule has 2 saturated heterocycles. The van der Waals surface area contributed by atoms with Gasteiger partial charge in [-0.3, -0.25) is 9.78 Å². The van der Waals surface area contributed by atoms with Crippen molar-refractivity contribution in [2.45, 2.75) is 19.0 Å². The number of nitrogens with zero attached hydrogens (tertiary/aromatic N) is 5. The Balaban J connectivity index is 0.00000320. The second-order valence-electron chi connectivity index (χ2n) is 9.07. The van der Waals surface area contributed by atoms with Gasteiger partial charge >= 0.3 is 5.92 Å². The molecule has 198 valence electrons. The van der Waals surface area contributed by atoms with Crippen LogP contribution in [0.25, 0.3) is 22.3 Å². The molecule has 12 heteroatoms. The van der Waals surface area contributed by atoms with Gasteiger partial charge in [-0.1, -0.05) is 12.1 Å². The molecule has 0 spiro atoms. The Labute approximate surface area is 221 Å².